The molecule has 0 aliphatic carbocycles. The molecule has 1 aromatic rings. The maximum Gasteiger partial charge on any atom is 0.319 e. The second kappa shape index (κ2) is 7.40. The molecule has 0 aromatic heterocycles. The molecule has 0 saturated carbocycles. The highest BCUT2D eigenvalue weighted by Crippen LogP contribution is 2.19. The molecule has 0 aliphatic heterocycles. The summed E-state index contributed by atoms with van der Waals surface area (Å²) in [5.41, 5.74) is 2.91. The third-order valence-corrected chi connectivity index (χ3v) is 4.28. The van der Waals surface area contributed by atoms with Crippen LogP contribution in [0.5, 0.6) is 0 Å². The molecular weight excluding hydrogens is 260 g/mol. The fourth-order valence-corrected chi connectivity index (χ4v) is 2.52. The van der Waals surface area contributed by atoms with Crippen molar-refractivity contribution in [1.29, 1.82) is 0 Å². The Labute approximate surface area is 119 Å². The van der Waals surface area contributed by atoms with Crippen LogP contribution in [0.25, 0.3) is 0 Å². The number of aliphatic hydroxyl groups excluding tert-OH is 1. The number of carbonyl (C=O) groups excluding carboxylic acids is 1. The number of rotatable bonds is 5. The molecule has 2 unspecified atom stereocenters. The minimum Gasteiger partial charge on any atom is -0.395 e. The number of nitrogens with one attached hydrogen (secondary N) is 2. The first kappa shape index (κ1) is 15.9. The summed E-state index contributed by atoms with van der Waals surface area (Å²) in [5, 5.41) is 14.9. The van der Waals surface area contributed by atoms with E-state index in [1.54, 1.807) is 11.8 Å². The van der Waals surface area contributed by atoms with E-state index in [2.05, 4.69) is 10.6 Å². The summed E-state index contributed by atoms with van der Waals surface area (Å²) in [6.45, 7) is 5.86. The quantitative estimate of drug-likeness (QED) is 0.778. The average Bonchev–Trinajstić information content (AvgIpc) is 2.35. The van der Waals surface area contributed by atoms with Gasteiger partial charge in [-0.3, -0.25) is 0 Å². The van der Waals surface area contributed by atoms with Gasteiger partial charge in [0.25, 0.3) is 0 Å². The molecule has 0 saturated heterocycles. The Kier molecular flexibility index (Phi) is 6.18. The van der Waals surface area contributed by atoms with Crippen molar-refractivity contribution >= 4 is 23.5 Å². The second-order valence-electron chi connectivity index (χ2n) is 4.61. The van der Waals surface area contributed by atoms with Gasteiger partial charge in [0, 0.05) is 17.0 Å². The zero-order valence-corrected chi connectivity index (χ0v) is 12.7. The van der Waals surface area contributed by atoms with Crippen LogP contribution in [0, 0.1) is 13.8 Å². The Morgan fingerprint density at radius 3 is 2.42 bits per heavy atom. The fourth-order valence-electron chi connectivity index (χ4n) is 1.90. The first-order valence-electron chi connectivity index (χ1n) is 6.27. The number of para-hydroxylation sites is 1. The summed E-state index contributed by atoms with van der Waals surface area (Å²) in [6, 6.07) is 5.56. The van der Waals surface area contributed by atoms with Gasteiger partial charge in [-0.25, -0.2) is 4.79 Å². The summed E-state index contributed by atoms with van der Waals surface area (Å²) in [6.07, 6.45) is 1.92. The number of hydrogen-bond donors (Lipinski definition) is 3. The number of aryl methyl sites for hydroxylation is 2. The predicted octanol–water partition coefficient (Wildman–Crippen LogP) is 2.54. The SMILES string of the molecule is CSC(CO)C(C)NC(=O)Nc1c(C)cccc1C. The third kappa shape index (κ3) is 4.44. The molecule has 0 bridgehead atoms. The van der Waals surface area contributed by atoms with Crippen LogP contribution in [-0.4, -0.2) is 35.3 Å². The number of anilines is 1. The van der Waals surface area contributed by atoms with Crippen molar-refractivity contribution in [3.8, 4) is 0 Å². The lowest BCUT2D eigenvalue weighted by atomic mass is 10.1. The largest absolute Gasteiger partial charge is 0.395 e. The average molecular weight is 282 g/mol. The number of hydrogen-bond acceptors (Lipinski definition) is 3. The van der Waals surface area contributed by atoms with Crippen LogP contribution in [0.2, 0.25) is 0 Å². The van der Waals surface area contributed by atoms with Crippen LogP contribution in [0.15, 0.2) is 18.2 Å². The normalized spacial score (nSPS) is 13.7. The van der Waals surface area contributed by atoms with Gasteiger partial charge in [0.1, 0.15) is 0 Å². The molecule has 1 aromatic carbocycles. The van der Waals surface area contributed by atoms with Gasteiger partial charge in [-0.2, -0.15) is 11.8 Å². The minimum atomic E-state index is -0.239. The van der Waals surface area contributed by atoms with Crippen LogP contribution in [-0.2, 0) is 0 Å². The molecule has 1 rings (SSSR count). The van der Waals surface area contributed by atoms with Gasteiger partial charge in [-0.1, -0.05) is 18.2 Å². The van der Waals surface area contributed by atoms with E-state index in [9.17, 15) is 9.90 Å². The molecule has 0 spiro atoms. The van der Waals surface area contributed by atoms with Gasteiger partial charge in [-0.15, -0.1) is 0 Å². The zero-order valence-electron chi connectivity index (χ0n) is 11.9. The van der Waals surface area contributed by atoms with Gasteiger partial charge < -0.3 is 15.7 Å². The number of thioether (sulfide) groups is 1. The molecular formula is C14H22N2O2S. The minimum absolute atomic E-state index is 0.00344. The van der Waals surface area contributed by atoms with Gasteiger partial charge in [0.15, 0.2) is 0 Å². The Balaban J connectivity index is 2.65. The molecule has 0 radical (unpaired) electrons. The summed E-state index contributed by atoms with van der Waals surface area (Å²) in [4.78, 5) is 12.0. The standard InChI is InChI=1S/C14H22N2O2S/c1-9-6-5-7-10(2)13(9)16-14(18)15-11(3)12(8-17)19-4/h5-7,11-12,17H,8H2,1-4H3,(H2,15,16,18). The molecule has 106 valence electrons. The van der Waals surface area contributed by atoms with Crippen LogP contribution < -0.4 is 10.6 Å². The van der Waals surface area contributed by atoms with E-state index in [0.29, 0.717) is 0 Å². The van der Waals surface area contributed by atoms with Crippen molar-refractivity contribution < 1.29 is 9.90 Å². The lowest BCUT2D eigenvalue weighted by Crippen LogP contribution is -2.43. The van der Waals surface area contributed by atoms with Crippen molar-refractivity contribution in [2.75, 3.05) is 18.2 Å². The van der Waals surface area contributed by atoms with Gasteiger partial charge >= 0.3 is 6.03 Å². The molecule has 5 heteroatoms. The van der Waals surface area contributed by atoms with Crippen molar-refractivity contribution in [2.24, 2.45) is 0 Å². The molecule has 3 N–H and O–H groups in total. The van der Waals surface area contributed by atoms with Gasteiger partial charge in [0.05, 0.1) is 6.61 Å². The highest BCUT2D eigenvalue weighted by atomic mass is 32.2. The number of urea groups is 1. The van der Waals surface area contributed by atoms with Gasteiger partial charge in [-0.05, 0) is 38.2 Å². The Morgan fingerprint density at radius 1 is 1.37 bits per heavy atom. The third-order valence-electron chi connectivity index (χ3n) is 3.12. The number of aliphatic hydroxyl groups is 1. The topological polar surface area (TPSA) is 61.4 Å². The first-order chi connectivity index (χ1) is 8.99. The van der Waals surface area contributed by atoms with Crippen LogP contribution in [0.1, 0.15) is 18.1 Å². The molecule has 4 nitrogen and oxygen atoms in total. The van der Waals surface area contributed by atoms with Crippen LogP contribution >= 0.6 is 11.8 Å². The van der Waals surface area contributed by atoms with E-state index in [1.807, 2.05) is 45.2 Å². The van der Waals surface area contributed by atoms with Crippen molar-refractivity contribution in [1.82, 2.24) is 5.32 Å². The van der Waals surface area contributed by atoms with E-state index in [4.69, 9.17) is 0 Å². The van der Waals surface area contributed by atoms with E-state index >= 15 is 0 Å². The van der Waals surface area contributed by atoms with Crippen molar-refractivity contribution in [3.63, 3.8) is 0 Å². The zero-order chi connectivity index (χ0) is 14.4. The fraction of sp³-hybridized carbons (Fsp3) is 0.500. The number of amides is 2. The highest BCUT2D eigenvalue weighted by Gasteiger charge is 2.17. The lowest BCUT2D eigenvalue weighted by molar-refractivity contribution is 0.243. The molecule has 19 heavy (non-hydrogen) atoms. The van der Waals surface area contributed by atoms with Gasteiger partial charge in [0.2, 0.25) is 0 Å². The molecule has 0 aliphatic rings. The molecule has 0 fully saturated rings. The maximum atomic E-state index is 12.0. The number of benzene rings is 1. The highest BCUT2D eigenvalue weighted by molar-refractivity contribution is 7.99. The molecule has 2 atom stereocenters. The van der Waals surface area contributed by atoms with E-state index in [-0.39, 0.29) is 23.9 Å². The van der Waals surface area contributed by atoms with Crippen molar-refractivity contribution in [3.05, 3.63) is 29.3 Å². The second-order valence-corrected chi connectivity index (χ2v) is 5.69. The molecule has 0 heterocycles. The molecule has 2 amide bonds. The van der Waals surface area contributed by atoms with Crippen LogP contribution in [0.4, 0.5) is 10.5 Å². The maximum absolute atomic E-state index is 12.0. The van der Waals surface area contributed by atoms with E-state index in [0.717, 1.165) is 16.8 Å². The van der Waals surface area contributed by atoms with Crippen LogP contribution in [0.3, 0.4) is 0 Å². The lowest BCUT2D eigenvalue weighted by Gasteiger charge is -2.22. The summed E-state index contributed by atoms with van der Waals surface area (Å²) in [7, 11) is 0. The monoisotopic (exact) mass is 282 g/mol. The number of carbonyl (C=O) groups is 1. The first-order valence-corrected chi connectivity index (χ1v) is 7.55. The summed E-state index contributed by atoms with van der Waals surface area (Å²) in [5.74, 6) is 0. The Bertz CT molecular complexity index is 413. The summed E-state index contributed by atoms with van der Waals surface area (Å²) >= 11 is 1.54. The smallest absolute Gasteiger partial charge is 0.319 e. The Morgan fingerprint density at radius 2 is 1.95 bits per heavy atom. The van der Waals surface area contributed by atoms with E-state index in [1.165, 1.54) is 0 Å². The Hall–Kier alpha value is -1.20. The van der Waals surface area contributed by atoms with Crippen molar-refractivity contribution in [2.45, 2.75) is 32.1 Å². The predicted molar refractivity (Wildman–Crippen MR) is 81.9 cm³/mol. The summed E-state index contributed by atoms with van der Waals surface area (Å²) < 4.78 is 0. The van der Waals surface area contributed by atoms with E-state index < -0.39 is 0 Å².